The summed E-state index contributed by atoms with van der Waals surface area (Å²) >= 11 is 0. The van der Waals surface area contributed by atoms with Gasteiger partial charge in [-0.05, 0) is 62.1 Å². The minimum absolute atomic E-state index is 0.0469. The van der Waals surface area contributed by atoms with Crippen LogP contribution < -0.4 is 15.0 Å². The van der Waals surface area contributed by atoms with E-state index in [-0.39, 0.29) is 18.1 Å². The number of ether oxygens (including phenoxy) is 2. The molecule has 1 aromatic carbocycles. The Morgan fingerprint density at radius 1 is 1.28 bits per heavy atom. The maximum Gasteiger partial charge on any atom is 0.325 e. The van der Waals surface area contributed by atoms with Crippen LogP contribution in [0.15, 0.2) is 24.3 Å². The molecular formula is C30H41FN4O4. The number of benzene rings is 1. The van der Waals surface area contributed by atoms with Gasteiger partial charge in [-0.25, -0.2) is 9.37 Å². The number of unbranched alkanes of at least 4 members (excludes halogenated alkanes) is 1. The Hall–Kier alpha value is -2.91. The molecule has 5 rings (SSSR count). The number of hydrogen-bond donors (Lipinski definition) is 2. The Balaban J connectivity index is 1.17. The zero-order valence-electron chi connectivity index (χ0n) is 23.3. The Labute approximate surface area is 230 Å². The molecular weight excluding hydrogens is 499 g/mol. The number of fused-ring (bicyclic) bond motifs is 2. The van der Waals surface area contributed by atoms with Crippen molar-refractivity contribution in [1.29, 1.82) is 0 Å². The van der Waals surface area contributed by atoms with Crippen molar-refractivity contribution in [2.45, 2.75) is 70.6 Å². The van der Waals surface area contributed by atoms with Gasteiger partial charge < -0.3 is 24.8 Å². The smallest absolute Gasteiger partial charge is 0.325 e. The van der Waals surface area contributed by atoms with Crippen LogP contribution in [0.5, 0.6) is 5.75 Å². The Kier molecular flexibility index (Phi) is 8.57. The van der Waals surface area contributed by atoms with E-state index in [1.165, 1.54) is 17.7 Å². The molecule has 3 aliphatic rings. The van der Waals surface area contributed by atoms with Gasteiger partial charge in [-0.1, -0.05) is 19.9 Å². The van der Waals surface area contributed by atoms with Gasteiger partial charge in [0.1, 0.15) is 29.5 Å². The summed E-state index contributed by atoms with van der Waals surface area (Å²) in [5.41, 5.74) is 3.38. The number of rotatable bonds is 10. The minimum Gasteiger partial charge on any atom is -0.486 e. The summed E-state index contributed by atoms with van der Waals surface area (Å²) in [5, 5.41) is 13.6. The van der Waals surface area contributed by atoms with Crippen LogP contribution in [0.25, 0.3) is 0 Å². The molecule has 0 saturated carbocycles. The second-order valence-corrected chi connectivity index (χ2v) is 11.4. The molecule has 0 radical (unpaired) electrons. The van der Waals surface area contributed by atoms with E-state index in [4.69, 9.17) is 14.5 Å². The number of aryl methyl sites for hydroxylation is 2. The Morgan fingerprint density at radius 3 is 2.92 bits per heavy atom. The molecule has 0 bridgehead atoms. The van der Waals surface area contributed by atoms with Crippen LogP contribution in [-0.4, -0.2) is 73.0 Å². The van der Waals surface area contributed by atoms with Crippen LogP contribution in [0.2, 0.25) is 0 Å². The molecule has 2 aromatic rings. The first-order valence-electron chi connectivity index (χ1n) is 14.3. The van der Waals surface area contributed by atoms with Gasteiger partial charge in [0.2, 0.25) is 0 Å². The number of carbonyl (C=O) groups is 1. The van der Waals surface area contributed by atoms with Crippen molar-refractivity contribution in [2.75, 3.05) is 50.1 Å². The minimum atomic E-state index is -1.01. The number of carboxylic acids is 1. The second kappa shape index (κ2) is 12.1. The van der Waals surface area contributed by atoms with Gasteiger partial charge >= 0.3 is 5.97 Å². The number of pyridine rings is 1. The van der Waals surface area contributed by atoms with Crippen molar-refractivity contribution in [3.63, 3.8) is 0 Å². The molecule has 3 aliphatic heterocycles. The third-order valence-corrected chi connectivity index (χ3v) is 8.14. The van der Waals surface area contributed by atoms with E-state index >= 15 is 0 Å². The van der Waals surface area contributed by atoms with Crippen molar-refractivity contribution in [3.05, 3.63) is 46.9 Å². The van der Waals surface area contributed by atoms with E-state index in [0.29, 0.717) is 43.2 Å². The molecule has 2 N–H and O–H groups in total. The fraction of sp³-hybridized carbons (Fsp3) is 0.600. The van der Waals surface area contributed by atoms with Gasteiger partial charge in [-0.3, -0.25) is 9.69 Å². The summed E-state index contributed by atoms with van der Waals surface area (Å²) in [4.78, 5) is 21.1. The SMILES string of the molecule is CC(C)[C@@H]1CN(C)c2cc(F)cc([C@@H](C(=O)O)N3CC[C@@H](OCCCCc4ccc5c(n4)NCCC5)C3)c2O1. The van der Waals surface area contributed by atoms with E-state index in [1.807, 2.05) is 16.8 Å². The second-order valence-electron chi connectivity index (χ2n) is 11.4. The number of hydrogen-bond acceptors (Lipinski definition) is 7. The first-order valence-corrected chi connectivity index (χ1v) is 14.3. The van der Waals surface area contributed by atoms with Crippen LogP contribution in [-0.2, 0) is 22.4 Å². The monoisotopic (exact) mass is 540 g/mol. The lowest BCUT2D eigenvalue weighted by molar-refractivity contribution is -0.143. The van der Waals surface area contributed by atoms with Gasteiger partial charge in [-0.15, -0.1) is 0 Å². The van der Waals surface area contributed by atoms with E-state index in [9.17, 15) is 14.3 Å². The zero-order chi connectivity index (χ0) is 27.5. The third kappa shape index (κ3) is 6.30. The number of aromatic nitrogens is 1. The topological polar surface area (TPSA) is 87.2 Å². The molecule has 0 unspecified atom stereocenters. The van der Waals surface area contributed by atoms with Crippen LogP contribution in [0.1, 0.15) is 62.4 Å². The van der Waals surface area contributed by atoms with E-state index in [0.717, 1.165) is 56.6 Å². The molecule has 3 atom stereocenters. The van der Waals surface area contributed by atoms with E-state index in [1.54, 1.807) is 0 Å². The van der Waals surface area contributed by atoms with Crippen molar-refractivity contribution in [1.82, 2.24) is 9.88 Å². The molecule has 8 nitrogen and oxygen atoms in total. The number of likely N-dealkylation sites (tertiary alicyclic amines) is 1. The lowest BCUT2D eigenvalue weighted by atomic mass is 9.99. The number of aliphatic carboxylic acids is 1. The van der Waals surface area contributed by atoms with Gasteiger partial charge in [0, 0.05) is 50.6 Å². The fourth-order valence-electron chi connectivity index (χ4n) is 5.90. The standard InChI is InChI=1S/C30H41FN4O4/c1-19(2)26-18-34(3)25-16-21(31)15-24(28(25)39-26)27(30(36)37)35-13-11-23(17-35)38-14-5-4-8-22-10-9-20-7-6-12-32-29(20)33-22/h9-10,15-16,19,23,26-27H,4-8,11-14,17-18H2,1-3H3,(H,32,33)(H,36,37)/t23-,26+,27+/m1/s1. The first-order chi connectivity index (χ1) is 18.8. The van der Waals surface area contributed by atoms with Gasteiger partial charge in [-0.2, -0.15) is 0 Å². The predicted molar refractivity (Wildman–Crippen MR) is 149 cm³/mol. The first kappa shape index (κ1) is 27.6. The van der Waals surface area contributed by atoms with Gasteiger partial charge in [0.15, 0.2) is 0 Å². The lowest BCUT2D eigenvalue weighted by Crippen LogP contribution is -2.42. The highest BCUT2D eigenvalue weighted by atomic mass is 19.1. The highest BCUT2D eigenvalue weighted by Crippen LogP contribution is 2.43. The molecule has 39 heavy (non-hydrogen) atoms. The number of halogens is 1. The Morgan fingerprint density at radius 2 is 2.13 bits per heavy atom. The van der Waals surface area contributed by atoms with Crippen LogP contribution in [0.4, 0.5) is 15.9 Å². The summed E-state index contributed by atoms with van der Waals surface area (Å²) in [6, 6.07) is 6.08. The number of likely N-dealkylation sites (N-methyl/N-ethyl adjacent to an activating group) is 1. The summed E-state index contributed by atoms with van der Waals surface area (Å²) in [5.74, 6) is 0.293. The van der Waals surface area contributed by atoms with Crippen LogP contribution in [0, 0.1) is 11.7 Å². The van der Waals surface area contributed by atoms with Crippen molar-refractivity contribution >= 4 is 17.5 Å². The average Bonchev–Trinajstić information content (AvgIpc) is 3.36. The van der Waals surface area contributed by atoms with Crippen LogP contribution in [0.3, 0.4) is 0 Å². The maximum absolute atomic E-state index is 14.7. The Bertz CT molecular complexity index is 1180. The highest BCUT2D eigenvalue weighted by molar-refractivity contribution is 5.79. The molecule has 1 saturated heterocycles. The fourth-order valence-corrected chi connectivity index (χ4v) is 5.90. The number of carboxylic acid groups (broad SMARTS) is 1. The summed E-state index contributed by atoms with van der Waals surface area (Å²) in [6.07, 6.45) is 5.66. The average molecular weight is 541 g/mol. The van der Waals surface area contributed by atoms with Crippen LogP contribution >= 0.6 is 0 Å². The summed E-state index contributed by atoms with van der Waals surface area (Å²) in [6.45, 7) is 7.45. The van der Waals surface area contributed by atoms with E-state index in [2.05, 4.69) is 31.3 Å². The van der Waals surface area contributed by atoms with E-state index < -0.39 is 17.8 Å². The highest BCUT2D eigenvalue weighted by Gasteiger charge is 2.39. The zero-order valence-corrected chi connectivity index (χ0v) is 23.3. The molecule has 1 fully saturated rings. The molecule has 0 spiro atoms. The largest absolute Gasteiger partial charge is 0.486 e. The molecule has 4 heterocycles. The quantitative estimate of drug-likeness (QED) is 0.421. The number of anilines is 2. The normalized spacial score (nSPS) is 21.7. The van der Waals surface area contributed by atoms with Gasteiger partial charge in [0.25, 0.3) is 0 Å². The van der Waals surface area contributed by atoms with Crippen molar-refractivity contribution in [2.24, 2.45) is 5.92 Å². The number of nitrogens with zero attached hydrogens (tertiary/aromatic N) is 3. The maximum atomic E-state index is 14.7. The molecule has 212 valence electrons. The molecule has 0 aliphatic carbocycles. The number of nitrogens with one attached hydrogen (secondary N) is 1. The van der Waals surface area contributed by atoms with Gasteiger partial charge in [0.05, 0.1) is 18.3 Å². The molecule has 1 aromatic heterocycles. The molecule has 9 heteroatoms. The summed E-state index contributed by atoms with van der Waals surface area (Å²) in [7, 11) is 1.90. The molecule has 0 amide bonds. The third-order valence-electron chi connectivity index (χ3n) is 8.14. The predicted octanol–water partition coefficient (Wildman–Crippen LogP) is 4.67. The van der Waals surface area contributed by atoms with Crippen molar-refractivity contribution in [3.8, 4) is 5.75 Å². The lowest BCUT2D eigenvalue weighted by Gasteiger charge is -2.38. The van der Waals surface area contributed by atoms with Crippen molar-refractivity contribution < 1.29 is 23.8 Å². The summed E-state index contributed by atoms with van der Waals surface area (Å²) < 4.78 is 27.1.